The molecule has 4 rings (SSSR count). The number of nitrogens with zero attached hydrogens (tertiary/aromatic N) is 1. The fourth-order valence-corrected chi connectivity index (χ4v) is 3.85. The van der Waals surface area contributed by atoms with Crippen LogP contribution in [-0.2, 0) is 9.59 Å². The number of aliphatic hydroxyl groups is 1. The first-order valence-electron chi connectivity index (χ1n) is 8.95. The van der Waals surface area contributed by atoms with Crippen molar-refractivity contribution >= 4 is 46.3 Å². The zero-order valence-electron chi connectivity index (χ0n) is 15.4. The van der Waals surface area contributed by atoms with Crippen LogP contribution in [0, 0.1) is 5.82 Å². The van der Waals surface area contributed by atoms with Gasteiger partial charge in [-0.15, -0.1) is 0 Å². The molecule has 3 aromatic rings. The summed E-state index contributed by atoms with van der Waals surface area (Å²) in [5, 5.41) is 11.7. The lowest BCUT2D eigenvalue weighted by molar-refractivity contribution is -0.132. The van der Waals surface area contributed by atoms with E-state index in [1.807, 2.05) is 0 Å². The minimum absolute atomic E-state index is 0.117. The van der Waals surface area contributed by atoms with Gasteiger partial charge in [-0.2, -0.15) is 0 Å². The molecule has 7 heteroatoms. The summed E-state index contributed by atoms with van der Waals surface area (Å²) in [6.45, 7) is 0. The average Bonchev–Trinajstić information content (AvgIpc) is 2.99. The smallest absolute Gasteiger partial charge is 0.300 e. The van der Waals surface area contributed by atoms with Gasteiger partial charge in [0.15, 0.2) is 0 Å². The first-order chi connectivity index (χ1) is 14.4. The van der Waals surface area contributed by atoms with Crippen LogP contribution in [-0.4, -0.2) is 16.8 Å². The summed E-state index contributed by atoms with van der Waals surface area (Å²) < 4.78 is 13.5. The topological polar surface area (TPSA) is 57.6 Å². The molecule has 0 aromatic heterocycles. The van der Waals surface area contributed by atoms with Gasteiger partial charge in [-0.3, -0.25) is 14.5 Å². The van der Waals surface area contributed by atoms with Gasteiger partial charge in [-0.25, -0.2) is 4.39 Å². The SMILES string of the molecule is O=C1C(=O)N(c2cccc(Cl)c2)C(c2ccc(F)cc2)/C1=C(\O)c1cccc(Cl)c1. The van der Waals surface area contributed by atoms with E-state index < -0.39 is 23.5 Å². The van der Waals surface area contributed by atoms with Crippen molar-refractivity contribution in [3.05, 3.63) is 105 Å². The lowest BCUT2D eigenvalue weighted by Crippen LogP contribution is -2.29. The van der Waals surface area contributed by atoms with Gasteiger partial charge >= 0.3 is 0 Å². The van der Waals surface area contributed by atoms with Crippen LogP contribution in [0.15, 0.2) is 78.4 Å². The quantitative estimate of drug-likeness (QED) is 0.319. The van der Waals surface area contributed by atoms with E-state index in [9.17, 15) is 19.1 Å². The molecule has 1 fully saturated rings. The van der Waals surface area contributed by atoms with Crippen LogP contribution >= 0.6 is 23.2 Å². The zero-order chi connectivity index (χ0) is 21.4. The van der Waals surface area contributed by atoms with E-state index in [4.69, 9.17) is 23.2 Å². The third kappa shape index (κ3) is 3.58. The Kier molecular flexibility index (Phi) is 5.33. The fourth-order valence-electron chi connectivity index (χ4n) is 3.48. The van der Waals surface area contributed by atoms with Crippen molar-refractivity contribution in [2.75, 3.05) is 4.90 Å². The van der Waals surface area contributed by atoms with Gasteiger partial charge in [0, 0.05) is 21.3 Å². The number of ketones is 1. The van der Waals surface area contributed by atoms with E-state index in [1.54, 1.807) is 42.5 Å². The molecule has 0 aliphatic carbocycles. The van der Waals surface area contributed by atoms with Crippen molar-refractivity contribution in [1.29, 1.82) is 0 Å². The molecule has 1 atom stereocenters. The third-order valence-corrected chi connectivity index (χ3v) is 5.28. The number of anilines is 1. The van der Waals surface area contributed by atoms with Gasteiger partial charge in [0.05, 0.1) is 11.6 Å². The second kappa shape index (κ2) is 7.94. The van der Waals surface area contributed by atoms with Gasteiger partial charge < -0.3 is 5.11 Å². The van der Waals surface area contributed by atoms with E-state index in [0.29, 0.717) is 26.9 Å². The van der Waals surface area contributed by atoms with Crippen LogP contribution in [0.1, 0.15) is 17.2 Å². The molecule has 1 N–H and O–H groups in total. The normalized spacial score (nSPS) is 18.1. The number of hydrogen-bond acceptors (Lipinski definition) is 3. The molecule has 1 saturated heterocycles. The molecule has 0 saturated carbocycles. The maximum atomic E-state index is 13.5. The molecule has 0 spiro atoms. The number of hydrogen-bond donors (Lipinski definition) is 1. The number of carbonyl (C=O) groups excluding carboxylic acids is 2. The molecule has 1 aliphatic heterocycles. The van der Waals surface area contributed by atoms with Crippen LogP contribution in [0.25, 0.3) is 5.76 Å². The van der Waals surface area contributed by atoms with Gasteiger partial charge in [-0.1, -0.05) is 53.5 Å². The first kappa shape index (κ1) is 20.1. The minimum atomic E-state index is -0.969. The van der Waals surface area contributed by atoms with Gasteiger partial charge in [-0.05, 0) is 48.0 Å². The van der Waals surface area contributed by atoms with Crippen LogP contribution < -0.4 is 4.90 Å². The summed E-state index contributed by atoms with van der Waals surface area (Å²) in [6, 6.07) is 17.2. The number of amides is 1. The third-order valence-electron chi connectivity index (χ3n) is 4.81. The van der Waals surface area contributed by atoms with Crippen molar-refractivity contribution in [2.45, 2.75) is 6.04 Å². The predicted octanol–water partition coefficient (Wildman–Crippen LogP) is 5.76. The lowest BCUT2D eigenvalue weighted by Gasteiger charge is -2.25. The molecule has 1 amide bonds. The largest absolute Gasteiger partial charge is 0.507 e. The number of aliphatic hydroxyl groups excluding tert-OH is 1. The van der Waals surface area contributed by atoms with Crippen LogP contribution in [0.5, 0.6) is 0 Å². The molecule has 1 aliphatic rings. The minimum Gasteiger partial charge on any atom is -0.507 e. The Bertz CT molecular complexity index is 1190. The molecule has 4 nitrogen and oxygen atoms in total. The first-order valence-corrected chi connectivity index (χ1v) is 9.70. The maximum absolute atomic E-state index is 13.5. The Morgan fingerprint density at radius 1 is 0.900 bits per heavy atom. The molecule has 0 radical (unpaired) electrons. The van der Waals surface area contributed by atoms with Gasteiger partial charge in [0.2, 0.25) is 0 Å². The Balaban J connectivity index is 1.96. The summed E-state index contributed by atoms with van der Waals surface area (Å²) in [6.07, 6.45) is 0. The molecule has 3 aromatic carbocycles. The molecule has 0 bridgehead atoms. The van der Waals surface area contributed by atoms with E-state index in [-0.39, 0.29) is 11.3 Å². The molecule has 150 valence electrons. The standard InChI is InChI=1S/C23H14Cl2FNO3/c24-15-4-1-3-14(11-15)21(28)19-20(13-7-9-17(26)10-8-13)27(23(30)22(19)29)18-6-2-5-16(25)12-18/h1-12,20,28H/b21-19+. The van der Waals surface area contributed by atoms with E-state index >= 15 is 0 Å². The molecule has 30 heavy (non-hydrogen) atoms. The number of Topliss-reactive ketones (excluding diaryl/α,β-unsaturated/α-hetero) is 1. The van der Waals surface area contributed by atoms with Crippen molar-refractivity contribution in [2.24, 2.45) is 0 Å². The van der Waals surface area contributed by atoms with E-state index in [2.05, 4.69) is 0 Å². The number of halogens is 3. The maximum Gasteiger partial charge on any atom is 0.300 e. The van der Waals surface area contributed by atoms with E-state index in [1.165, 1.54) is 35.2 Å². The summed E-state index contributed by atoms with van der Waals surface area (Å²) >= 11 is 12.1. The van der Waals surface area contributed by atoms with Gasteiger partial charge in [0.1, 0.15) is 11.6 Å². The summed E-state index contributed by atoms with van der Waals surface area (Å²) in [7, 11) is 0. The van der Waals surface area contributed by atoms with Crippen LogP contribution in [0.4, 0.5) is 10.1 Å². The molecule has 1 unspecified atom stereocenters. The highest BCUT2D eigenvalue weighted by Gasteiger charge is 2.47. The zero-order valence-corrected chi connectivity index (χ0v) is 16.9. The summed E-state index contributed by atoms with van der Waals surface area (Å²) in [5.41, 5.74) is 1.01. The van der Waals surface area contributed by atoms with Crippen molar-refractivity contribution in [3.63, 3.8) is 0 Å². The Morgan fingerprint density at radius 2 is 1.53 bits per heavy atom. The summed E-state index contributed by atoms with van der Waals surface area (Å²) in [4.78, 5) is 27.2. The Hall–Kier alpha value is -3.15. The highest BCUT2D eigenvalue weighted by Crippen LogP contribution is 2.42. The molecular formula is C23H14Cl2FNO3. The number of carbonyl (C=O) groups is 2. The second-order valence-electron chi connectivity index (χ2n) is 6.71. The monoisotopic (exact) mass is 441 g/mol. The second-order valence-corrected chi connectivity index (χ2v) is 7.58. The van der Waals surface area contributed by atoms with E-state index in [0.717, 1.165) is 0 Å². The van der Waals surface area contributed by atoms with Gasteiger partial charge in [0.25, 0.3) is 11.7 Å². The molecule has 1 heterocycles. The van der Waals surface area contributed by atoms with Crippen molar-refractivity contribution in [3.8, 4) is 0 Å². The fraction of sp³-hybridized carbons (Fsp3) is 0.0435. The van der Waals surface area contributed by atoms with Crippen LogP contribution in [0.3, 0.4) is 0 Å². The summed E-state index contributed by atoms with van der Waals surface area (Å²) in [5.74, 6) is -2.51. The highest BCUT2D eigenvalue weighted by molar-refractivity contribution is 6.51. The van der Waals surface area contributed by atoms with Crippen molar-refractivity contribution < 1.29 is 19.1 Å². The highest BCUT2D eigenvalue weighted by atomic mass is 35.5. The predicted molar refractivity (Wildman–Crippen MR) is 114 cm³/mol. The van der Waals surface area contributed by atoms with Crippen LogP contribution in [0.2, 0.25) is 10.0 Å². The molecular weight excluding hydrogens is 428 g/mol. The average molecular weight is 442 g/mol. The number of rotatable bonds is 3. The number of benzene rings is 3. The van der Waals surface area contributed by atoms with Crippen molar-refractivity contribution in [1.82, 2.24) is 0 Å². The Labute approximate surface area is 181 Å². The lowest BCUT2D eigenvalue weighted by atomic mass is 9.95. The Morgan fingerprint density at radius 3 is 2.17 bits per heavy atom.